The van der Waals surface area contributed by atoms with Crippen LogP contribution in [0.25, 0.3) is 0 Å². The first-order chi connectivity index (χ1) is 5.52. The Labute approximate surface area is 74.8 Å². The van der Waals surface area contributed by atoms with Gasteiger partial charge in [0, 0.05) is 6.20 Å². The minimum Gasteiger partial charge on any atom is -0.353 e. The molecule has 0 fully saturated rings. The van der Waals surface area contributed by atoms with Crippen LogP contribution < -0.4 is 5.32 Å². The van der Waals surface area contributed by atoms with Gasteiger partial charge in [-0.15, -0.1) is 0 Å². The summed E-state index contributed by atoms with van der Waals surface area (Å²) in [4.78, 5) is 4.48. The Kier molecular flexibility index (Phi) is 2.27. The van der Waals surface area contributed by atoms with Crippen molar-refractivity contribution in [1.29, 1.82) is 0 Å². The van der Waals surface area contributed by atoms with Gasteiger partial charge in [0.25, 0.3) is 0 Å². The van der Waals surface area contributed by atoms with Crippen LogP contribution in [-0.4, -0.2) is 11.9 Å². The van der Waals surface area contributed by atoms with Gasteiger partial charge < -0.3 is 5.32 Å². The van der Waals surface area contributed by atoms with Crippen molar-refractivity contribution in [3.63, 3.8) is 0 Å². The minimum absolute atomic E-state index is 0.0486. The van der Waals surface area contributed by atoms with Gasteiger partial charge in [0.2, 0.25) is 0 Å². The molecule has 0 saturated heterocycles. The summed E-state index contributed by atoms with van der Waals surface area (Å²) in [5.41, 5.74) is 0.176. The number of hydrogen-bond acceptors (Lipinski definition) is 2. The molecule has 68 valence electrons. The van der Waals surface area contributed by atoms with Crippen molar-refractivity contribution in [2.45, 2.75) is 39.7 Å². The number of hydrogen-bond donors (Lipinski definition) is 1. The lowest BCUT2D eigenvalue weighted by atomic mass is 9.71. The fourth-order valence-corrected chi connectivity index (χ4v) is 1.23. The molecular weight excluding hydrogens is 148 g/mol. The molecule has 0 aliphatic carbocycles. The van der Waals surface area contributed by atoms with Gasteiger partial charge in [0.1, 0.15) is 0 Å². The molecule has 1 atom stereocenters. The molecule has 0 spiro atoms. The fraction of sp³-hybridized carbons (Fsp3) is 0.700. The Morgan fingerprint density at radius 2 is 2.17 bits per heavy atom. The van der Waals surface area contributed by atoms with Crippen LogP contribution >= 0.6 is 0 Å². The van der Waals surface area contributed by atoms with Gasteiger partial charge in [-0.3, -0.25) is 4.99 Å². The van der Waals surface area contributed by atoms with Gasteiger partial charge in [-0.1, -0.05) is 20.8 Å². The van der Waals surface area contributed by atoms with E-state index in [9.17, 15) is 0 Å². The van der Waals surface area contributed by atoms with Crippen molar-refractivity contribution in [3.8, 4) is 0 Å². The van der Waals surface area contributed by atoms with Crippen molar-refractivity contribution in [2.24, 2.45) is 10.4 Å². The maximum Gasteiger partial charge on any atom is 0.0874 e. The highest BCUT2D eigenvalue weighted by molar-refractivity contribution is 5.59. The third-order valence-electron chi connectivity index (χ3n) is 3.17. The van der Waals surface area contributed by atoms with Crippen LogP contribution in [0.5, 0.6) is 0 Å². The molecule has 1 heterocycles. The first-order valence-corrected chi connectivity index (χ1v) is 4.49. The van der Waals surface area contributed by atoms with E-state index in [0.717, 1.165) is 6.42 Å². The second kappa shape index (κ2) is 2.92. The SMILES string of the molecule is CCC(C)(C)C1(C)C=CNC=N1. The Balaban J connectivity index is 2.90. The topological polar surface area (TPSA) is 24.4 Å². The number of nitrogens with one attached hydrogen (secondary N) is 1. The van der Waals surface area contributed by atoms with Crippen molar-refractivity contribution in [1.82, 2.24) is 5.32 Å². The van der Waals surface area contributed by atoms with E-state index in [1.807, 2.05) is 6.20 Å². The Morgan fingerprint density at radius 1 is 1.50 bits per heavy atom. The summed E-state index contributed by atoms with van der Waals surface area (Å²) in [5, 5.41) is 2.96. The zero-order valence-electron chi connectivity index (χ0n) is 8.39. The van der Waals surface area contributed by atoms with Gasteiger partial charge >= 0.3 is 0 Å². The number of aliphatic imine (C=N–C) groups is 1. The van der Waals surface area contributed by atoms with Crippen LogP contribution in [0.3, 0.4) is 0 Å². The summed E-state index contributed by atoms with van der Waals surface area (Å²) >= 11 is 0. The zero-order valence-corrected chi connectivity index (χ0v) is 8.39. The van der Waals surface area contributed by atoms with E-state index >= 15 is 0 Å². The smallest absolute Gasteiger partial charge is 0.0874 e. The van der Waals surface area contributed by atoms with Gasteiger partial charge in [-0.2, -0.15) is 0 Å². The standard InChI is InChI=1S/C10H18N2/c1-5-9(2,3)10(4)6-7-11-8-12-10/h6-8H,5H2,1-4H3,(H,11,12). The lowest BCUT2D eigenvalue weighted by molar-refractivity contribution is 0.223. The molecule has 1 aliphatic heterocycles. The monoisotopic (exact) mass is 166 g/mol. The highest BCUT2D eigenvalue weighted by Crippen LogP contribution is 2.38. The predicted molar refractivity (Wildman–Crippen MR) is 53.2 cm³/mol. The molecule has 2 heteroatoms. The van der Waals surface area contributed by atoms with Crippen molar-refractivity contribution < 1.29 is 0 Å². The quantitative estimate of drug-likeness (QED) is 0.669. The average molecular weight is 166 g/mol. The molecule has 0 bridgehead atoms. The maximum atomic E-state index is 4.48. The molecule has 1 unspecified atom stereocenters. The van der Waals surface area contributed by atoms with E-state index < -0.39 is 0 Å². The predicted octanol–water partition coefficient (Wildman–Crippen LogP) is 2.33. The van der Waals surface area contributed by atoms with Crippen LogP contribution in [0.15, 0.2) is 17.3 Å². The maximum absolute atomic E-state index is 4.48. The molecule has 1 aliphatic rings. The second-order valence-electron chi connectivity index (χ2n) is 4.14. The summed E-state index contributed by atoms with van der Waals surface area (Å²) < 4.78 is 0. The average Bonchev–Trinajstić information content (AvgIpc) is 2.06. The van der Waals surface area contributed by atoms with Crippen LogP contribution in [-0.2, 0) is 0 Å². The molecule has 2 nitrogen and oxygen atoms in total. The van der Waals surface area contributed by atoms with E-state index in [0.29, 0.717) is 0 Å². The molecule has 0 aromatic rings. The van der Waals surface area contributed by atoms with Crippen molar-refractivity contribution >= 4 is 6.34 Å². The van der Waals surface area contributed by atoms with Gasteiger partial charge in [-0.05, 0) is 24.8 Å². The summed E-state index contributed by atoms with van der Waals surface area (Å²) in [6.45, 7) is 8.88. The first kappa shape index (κ1) is 9.30. The van der Waals surface area contributed by atoms with Crippen LogP contribution in [0.1, 0.15) is 34.1 Å². The Hall–Kier alpha value is -0.790. The van der Waals surface area contributed by atoms with Gasteiger partial charge in [-0.25, -0.2) is 0 Å². The summed E-state index contributed by atoms with van der Waals surface area (Å²) in [5.74, 6) is 0. The lowest BCUT2D eigenvalue weighted by Crippen LogP contribution is -2.40. The Morgan fingerprint density at radius 3 is 2.58 bits per heavy atom. The van der Waals surface area contributed by atoms with Crippen molar-refractivity contribution in [2.75, 3.05) is 0 Å². The minimum atomic E-state index is -0.0486. The second-order valence-corrected chi connectivity index (χ2v) is 4.14. The number of rotatable bonds is 2. The molecule has 1 N–H and O–H groups in total. The van der Waals surface area contributed by atoms with Crippen molar-refractivity contribution in [3.05, 3.63) is 12.3 Å². The Bertz CT molecular complexity index is 202. The third-order valence-corrected chi connectivity index (χ3v) is 3.17. The lowest BCUT2D eigenvalue weighted by Gasteiger charge is -2.39. The zero-order chi connectivity index (χ0) is 9.24. The molecule has 1 rings (SSSR count). The highest BCUT2D eigenvalue weighted by atomic mass is 15.0. The largest absolute Gasteiger partial charge is 0.353 e. The molecule has 0 radical (unpaired) electrons. The molecular formula is C10H18N2. The summed E-state index contributed by atoms with van der Waals surface area (Å²) in [6.07, 6.45) is 7.00. The molecule has 0 aromatic carbocycles. The fourth-order valence-electron chi connectivity index (χ4n) is 1.23. The third kappa shape index (κ3) is 1.38. The van der Waals surface area contributed by atoms with E-state index in [2.05, 4.69) is 44.1 Å². The van der Waals surface area contributed by atoms with Gasteiger partial charge in [0.05, 0.1) is 11.9 Å². The molecule has 12 heavy (non-hydrogen) atoms. The molecule has 0 aromatic heterocycles. The summed E-state index contributed by atoms with van der Waals surface area (Å²) in [6, 6.07) is 0. The summed E-state index contributed by atoms with van der Waals surface area (Å²) in [7, 11) is 0. The normalized spacial score (nSPS) is 28.7. The molecule has 0 amide bonds. The highest BCUT2D eigenvalue weighted by Gasteiger charge is 2.37. The van der Waals surface area contributed by atoms with Crippen LogP contribution in [0.2, 0.25) is 0 Å². The van der Waals surface area contributed by atoms with Crippen LogP contribution in [0, 0.1) is 5.41 Å². The first-order valence-electron chi connectivity index (χ1n) is 4.49. The van der Waals surface area contributed by atoms with Crippen LogP contribution in [0.4, 0.5) is 0 Å². The van der Waals surface area contributed by atoms with E-state index in [-0.39, 0.29) is 11.0 Å². The van der Waals surface area contributed by atoms with E-state index in [1.165, 1.54) is 0 Å². The van der Waals surface area contributed by atoms with E-state index in [1.54, 1.807) is 6.34 Å². The van der Waals surface area contributed by atoms with Gasteiger partial charge in [0.15, 0.2) is 0 Å². The molecule has 0 saturated carbocycles. The van der Waals surface area contributed by atoms with E-state index in [4.69, 9.17) is 0 Å². The number of nitrogens with zero attached hydrogens (tertiary/aromatic N) is 1.